The molecule has 19 heavy (non-hydrogen) atoms. The molecular weight excluding hydrogens is 283 g/mol. The molecule has 4 nitrogen and oxygen atoms in total. The molecule has 0 spiro atoms. The maximum Gasteiger partial charge on any atom is 0.441 e. The molecular formula is C11H16F3NO3S. The van der Waals surface area contributed by atoms with Gasteiger partial charge in [-0.3, -0.25) is 9.59 Å². The summed E-state index contributed by atoms with van der Waals surface area (Å²) in [5.41, 5.74) is -5.33. The Labute approximate surface area is 113 Å². The van der Waals surface area contributed by atoms with E-state index in [1.165, 1.54) is 0 Å². The van der Waals surface area contributed by atoms with Crippen LogP contribution >= 0.6 is 11.8 Å². The van der Waals surface area contributed by atoms with Crippen LogP contribution in [0.5, 0.6) is 0 Å². The molecule has 1 rings (SSSR count). The van der Waals surface area contributed by atoms with Gasteiger partial charge < -0.3 is 10.4 Å². The number of carboxylic acids is 1. The van der Waals surface area contributed by atoms with E-state index in [2.05, 4.69) is 5.32 Å². The van der Waals surface area contributed by atoms with Crippen molar-refractivity contribution in [2.24, 2.45) is 5.41 Å². The Morgan fingerprint density at radius 3 is 2.32 bits per heavy atom. The largest absolute Gasteiger partial charge is 0.481 e. The van der Waals surface area contributed by atoms with Crippen molar-refractivity contribution in [1.82, 2.24) is 5.32 Å². The van der Waals surface area contributed by atoms with Gasteiger partial charge >= 0.3 is 11.5 Å². The average Bonchev–Trinajstić information content (AvgIpc) is 2.73. The number of carbonyl (C=O) groups excluding carboxylic acids is 1. The first-order valence-corrected chi connectivity index (χ1v) is 6.94. The van der Waals surface area contributed by atoms with Crippen molar-refractivity contribution in [2.75, 3.05) is 12.3 Å². The number of amides is 1. The van der Waals surface area contributed by atoms with Crippen molar-refractivity contribution in [3.63, 3.8) is 0 Å². The number of hydrogen-bond acceptors (Lipinski definition) is 3. The standard InChI is InChI=1S/C11H16F3NO3S/c12-11(13,14)19-6-5-15-8(16)7-10(9(17)18)3-1-2-4-10/h1-7H2,(H,15,16)(H,17,18). The third-order valence-electron chi connectivity index (χ3n) is 3.20. The lowest BCUT2D eigenvalue weighted by atomic mass is 9.82. The summed E-state index contributed by atoms with van der Waals surface area (Å²) in [6.45, 7) is -0.112. The van der Waals surface area contributed by atoms with Crippen LogP contribution in [0.2, 0.25) is 0 Å². The fraction of sp³-hybridized carbons (Fsp3) is 0.818. The lowest BCUT2D eigenvalue weighted by Crippen LogP contribution is -2.36. The third-order valence-corrected chi connectivity index (χ3v) is 3.94. The molecule has 0 aromatic carbocycles. The minimum absolute atomic E-state index is 0.112. The molecule has 1 amide bonds. The molecule has 1 aliphatic carbocycles. The van der Waals surface area contributed by atoms with Crippen molar-refractivity contribution in [2.45, 2.75) is 37.6 Å². The number of carbonyl (C=O) groups is 2. The van der Waals surface area contributed by atoms with Crippen LogP contribution in [0.4, 0.5) is 13.2 Å². The van der Waals surface area contributed by atoms with Gasteiger partial charge in [-0.1, -0.05) is 12.8 Å². The molecule has 0 unspecified atom stereocenters. The monoisotopic (exact) mass is 299 g/mol. The fourth-order valence-corrected chi connectivity index (χ4v) is 2.68. The summed E-state index contributed by atoms with van der Waals surface area (Å²) in [5, 5.41) is 11.5. The Morgan fingerprint density at radius 1 is 1.26 bits per heavy atom. The molecule has 0 aromatic rings. The maximum atomic E-state index is 11.8. The van der Waals surface area contributed by atoms with Crippen LogP contribution in [0.1, 0.15) is 32.1 Å². The van der Waals surface area contributed by atoms with Gasteiger partial charge in [-0.25, -0.2) is 0 Å². The number of hydrogen-bond donors (Lipinski definition) is 2. The molecule has 0 saturated heterocycles. The zero-order valence-electron chi connectivity index (χ0n) is 10.3. The third kappa shape index (κ3) is 5.30. The first-order chi connectivity index (χ1) is 8.75. The molecule has 2 N–H and O–H groups in total. The minimum atomic E-state index is -4.31. The molecule has 0 bridgehead atoms. The van der Waals surface area contributed by atoms with Gasteiger partial charge in [-0.05, 0) is 24.6 Å². The van der Waals surface area contributed by atoms with Gasteiger partial charge in [-0.2, -0.15) is 13.2 Å². The lowest BCUT2D eigenvalue weighted by molar-refractivity contribution is -0.151. The lowest BCUT2D eigenvalue weighted by Gasteiger charge is -2.22. The highest BCUT2D eigenvalue weighted by atomic mass is 32.2. The maximum absolute atomic E-state index is 11.8. The van der Waals surface area contributed by atoms with E-state index in [-0.39, 0.29) is 30.5 Å². The summed E-state index contributed by atoms with van der Waals surface area (Å²) < 4.78 is 35.5. The van der Waals surface area contributed by atoms with Crippen LogP contribution < -0.4 is 5.32 Å². The summed E-state index contributed by atoms with van der Waals surface area (Å²) in [7, 11) is 0. The van der Waals surface area contributed by atoms with Gasteiger partial charge in [0.1, 0.15) is 0 Å². The zero-order valence-corrected chi connectivity index (χ0v) is 11.1. The van der Waals surface area contributed by atoms with Gasteiger partial charge in [0.25, 0.3) is 0 Å². The van der Waals surface area contributed by atoms with E-state index in [0.29, 0.717) is 12.8 Å². The van der Waals surface area contributed by atoms with Gasteiger partial charge in [0.15, 0.2) is 0 Å². The molecule has 1 saturated carbocycles. The van der Waals surface area contributed by atoms with Gasteiger partial charge in [0.2, 0.25) is 5.91 Å². The highest BCUT2D eigenvalue weighted by molar-refractivity contribution is 8.00. The quantitative estimate of drug-likeness (QED) is 0.739. The number of aliphatic carboxylic acids is 1. The Balaban J connectivity index is 2.32. The van der Waals surface area contributed by atoms with Crippen molar-refractivity contribution in [1.29, 1.82) is 0 Å². The normalized spacial score (nSPS) is 18.3. The first-order valence-electron chi connectivity index (χ1n) is 5.96. The van der Waals surface area contributed by atoms with Crippen LogP contribution in [0, 0.1) is 5.41 Å². The van der Waals surface area contributed by atoms with Crippen molar-refractivity contribution in [3.8, 4) is 0 Å². The smallest absolute Gasteiger partial charge is 0.441 e. The molecule has 1 aliphatic rings. The Morgan fingerprint density at radius 2 is 1.84 bits per heavy atom. The number of thioether (sulfide) groups is 1. The van der Waals surface area contributed by atoms with Gasteiger partial charge in [-0.15, -0.1) is 0 Å². The molecule has 110 valence electrons. The van der Waals surface area contributed by atoms with E-state index in [0.717, 1.165) is 12.8 Å². The molecule has 1 fully saturated rings. The van der Waals surface area contributed by atoms with E-state index < -0.39 is 22.8 Å². The van der Waals surface area contributed by atoms with Crippen LogP contribution in [0.15, 0.2) is 0 Å². The Kier molecular flexibility index (Phi) is 5.51. The van der Waals surface area contributed by atoms with Gasteiger partial charge in [0.05, 0.1) is 5.41 Å². The van der Waals surface area contributed by atoms with Crippen LogP contribution in [0.25, 0.3) is 0 Å². The van der Waals surface area contributed by atoms with Crippen LogP contribution in [0.3, 0.4) is 0 Å². The zero-order chi connectivity index (χ0) is 14.5. The second-order valence-electron chi connectivity index (χ2n) is 4.61. The first kappa shape index (κ1) is 16.1. The molecule has 0 aliphatic heterocycles. The van der Waals surface area contributed by atoms with E-state index in [9.17, 15) is 22.8 Å². The number of alkyl halides is 3. The van der Waals surface area contributed by atoms with Crippen molar-refractivity contribution >= 4 is 23.6 Å². The summed E-state index contributed by atoms with van der Waals surface area (Å²) in [5.74, 6) is -1.76. The highest BCUT2D eigenvalue weighted by Gasteiger charge is 2.42. The Bertz CT molecular complexity index is 341. The minimum Gasteiger partial charge on any atom is -0.481 e. The Hall–Kier alpha value is -0.920. The molecule has 0 atom stereocenters. The summed E-state index contributed by atoms with van der Waals surface area (Å²) in [6, 6.07) is 0. The van der Waals surface area contributed by atoms with Gasteiger partial charge in [0, 0.05) is 18.7 Å². The molecule has 0 radical (unpaired) electrons. The molecule has 0 aromatic heterocycles. The molecule has 8 heteroatoms. The van der Waals surface area contributed by atoms with E-state index in [1.807, 2.05) is 0 Å². The predicted octanol–water partition coefficient (Wildman–Crippen LogP) is 2.39. The van der Waals surface area contributed by atoms with E-state index >= 15 is 0 Å². The number of rotatable bonds is 6. The summed E-state index contributed by atoms with van der Waals surface area (Å²) in [6.07, 6.45) is 2.28. The van der Waals surface area contributed by atoms with E-state index in [4.69, 9.17) is 5.11 Å². The average molecular weight is 299 g/mol. The molecule has 0 heterocycles. The predicted molar refractivity (Wildman–Crippen MR) is 64.7 cm³/mol. The second-order valence-corrected chi connectivity index (χ2v) is 5.77. The topological polar surface area (TPSA) is 66.4 Å². The van der Waals surface area contributed by atoms with Crippen LogP contribution in [-0.2, 0) is 9.59 Å². The number of carboxylic acid groups (broad SMARTS) is 1. The highest BCUT2D eigenvalue weighted by Crippen LogP contribution is 2.41. The van der Waals surface area contributed by atoms with Crippen molar-refractivity contribution < 1.29 is 27.9 Å². The second kappa shape index (κ2) is 6.49. The fourth-order valence-electron chi connectivity index (χ4n) is 2.25. The van der Waals surface area contributed by atoms with Crippen LogP contribution in [-0.4, -0.2) is 34.8 Å². The summed E-state index contributed by atoms with van der Waals surface area (Å²) in [4.78, 5) is 22.8. The number of nitrogens with one attached hydrogen (secondary N) is 1. The summed E-state index contributed by atoms with van der Waals surface area (Å²) >= 11 is -0.207. The van der Waals surface area contributed by atoms with Crippen molar-refractivity contribution in [3.05, 3.63) is 0 Å². The van der Waals surface area contributed by atoms with E-state index in [1.54, 1.807) is 0 Å². The number of halogens is 3. The SMILES string of the molecule is O=C(CC1(C(=O)O)CCCC1)NCCSC(F)(F)F.